The Kier molecular flexibility index (Phi) is 8.35. The second kappa shape index (κ2) is 11.7. The van der Waals surface area contributed by atoms with E-state index in [0.29, 0.717) is 72.6 Å². The van der Waals surface area contributed by atoms with Gasteiger partial charge in [0, 0.05) is 48.0 Å². The molecule has 3 N–H and O–H groups in total. The van der Waals surface area contributed by atoms with E-state index in [9.17, 15) is 28.2 Å². The number of carbonyl (C=O) groups is 1. The number of halogens is 3. The van der Waals surface area contributed by atoms with Crippen LogP contribution in [0.2, 0.25) is 0 Å². The number of aromatic nitrogens is 2. The third-order valence-corrected chi connectivity index (χ3v) is 8.44. The summed E-state index contributed by atoms with van der Waals surface area (Å²) in [5.74, 6) is 0.192. The fourth-order valence-corrected chi connectivity index (χ4v) is 6.30. The molecule has 5 rings (SSSR count). The summed E-state index contributed by atoms with van der Waals surface area (Å²) in [4.78, 5) is 23.7. The number of alkyl halides is 2. The Labute approximate surface area is 242 Å². The van der Waals surface area contributed by atoms with Crippen LogP contribution in [-0.2, 0) is 16.8 Å². The minimum atomic E-state index is -2.94. The molecule has 42 heavy (non-hydrogen) atoms. The molecule has 0 saturated heterocycles. The normalized spacial score (nSPS) is 21.6. The van der Waals surface area contributed by atoms with Crippen molar-refractivity contribution in [2.75, 3.05) is 25.5 Å². The molecular formula is C31H37F3N4O4. The number of likely N-dealkylation sites (N-methyl/N-ethyl adjacent to an activating group) is 1. The topological polar surface area (TPSA) is 108 Å². The molecule has 1 aromatic heterocycles. The Morgan fingerprint density at radius 1 is 1.21 bits per heavy atom. The molecule has 0 bridgehead atoms. The third-order valence-electron chi connectivity index (χ3n) is 8.44. The van der Waals surface area contributed by atoms with Crippen LogP contribution in [0.3, 0.4) is 0 Å². The lowest BCUT2D eigenvalue weighted by atomic mass is 9.74. The van der Waals surface area contributed by atoms with Crippen LogP contribution in [-0.4, -0.2) is 57.3 Å². The van der Waals surface area contributed by atoms with Crippen molar-refractivity contribution in [3.63, 3.8) is 0 Å². The summed E-state index contributed by atoms with van der Waals surface area (Å²) in [5, 5.41) is 25.4. The van der Waals surface area contributed by atoms with Crippen molar-refractivity contribution in [1.82, 2.24) is 14.9 Å². The minimum Gasteiger partial charge on any atom is -0.492 e. The molecule has 226 valence electrons. The van der Waals surface area contributed by atoms with Crippen LogP contribution in [0.15, 0.2) is 24.3 Å². The zero-order valence-electron chi connectivity index (χ0n) is 24.3. The number of anilines is 1. The van der Waals surface area contributed by atoms with Gasteiger partial charge < -0.3 is 25.2 Å². The van der Waals surface area contributed by atoms with Gasteiger partial charge in [-0.05, 0) is 52.5 Å². The first-order valence-electron chi connectivity index (χ1n) is 14.4. The largest absolute Gasteiger partial charge is 0.492 e. The molecule has 1 aliphatic heterocycles. The van der Waals surface area contributed by atoms with Crippen molar-refractivity contribution < 1.29 is 32.9 Å². The number of nitrogens with zero attached hydrogens (tertiary/aromatic N) is 3. The minimum absolute atomic E-state index is 0.0505. The fraction of sp³-hybridized carbons (Fsp3) is 0.516. The number of rotatable bonds is 8. The molecule has 11 heteroatoms. The maximum Gasteiger partial charge on any atom is 0.266 e. The lowest BCUT2D eigenvalue weighted by molar-refractivity contribution is -0.138. The van der Waals surface area contributed by atoms with Gasteiger partial charge in [0.15, 0.2) is 0 Å². The highest BCUT2D eigenvalue weighted by Crippen LogP contribution is 2.48. The third kappa shape index (κ3) is 5.64. The van der Waals surface area contributed by atoms with Gasteiger partial charge in [-0.25, -0.2) is 23.1 Å². The number of benzene rings is 2. The van der Waals surface area contributed by atoms with Gasteiger partial charge in [0.2, 0.25) is 5.91 Å². The number of ether oxygens (including phenoxy) is 1. The Bertz CT molecular complexity index is 1490. The molecule has 8 nitrogen and oxygen atoms in total. The standard InChI is InChI=1S/C31H37F3N4O4/c1-16(39)15-38(4)30(40)19-8-11-31(41,12-9-19)24-14-23-26(22-10-13-42-27(22)24)36-18(3)37-29(23)35-17(2)20-6-5-7-21(25(20)32)28(33)34/h5-7,14,16-17,19,28,39,41H,8-13,15H2,1-4H3,(H,35,36,37)/t16-,17-,19?,31?/m0/s1. The van der Waals surface area contributed by atoms with Gasteiger partial charge in [-0.3, -0.25) is 4.79 Å². The first-order chi connectivity index (χ1) is 19.9. The Morgan fingerprint density at radius 2 is 1.90 bits per heavy atom. The number of aliphatic hydroxyl groups excluding tert-OH is 1. The molecule has 2 aromatic carbocycles. The first kappa shape index (κ1) is 30.0. The predicted octanol–water partition coefficient (Wildman–Crippen LogP) is 5.34. The monoisotopic (exact) mass is 586 g/mol. The van der Waals surface area contributed by atoms with Crippen LogP contribution in [0.1, 0.15) is 80.1 Å². The number of amides is 1. The number of aliphatic hydroxyl groups is 2. The van der Waals surface area contributed by atoms with E-state index >= 15 is 0 Å². The summed E-state index contributed by atoms with van der Waals surface area (Å²) < 4.78 is 47.7. The highest BCUT2D eigenvalue weighted by atomic mass is 19.3. The highest BCUT2D eigenvalue weighted by molar-refractivity contribution is 5.94. The van der Waals surface area contributed by atoms with Crippen molar-refractivity contribution in [1.29, 1.82) is 0 Å². The molecule has 3 aromatic rings. The van der Waals surface area contributed by atoms with Crippen LogP contribution in [0.4, 0.5) is 19.0 Å². The van der Waals surface area contributed by atoms with E-state index in [0.717, 1.165) is 11.6 Å². The molecule has 1 saturated carbocycles. The van der Waals surface area contributed by atoms with Crippen molar-refractivity contribution in [2.45, 2.75) is 77.0 Å². The fourth-order valence-electron chi connectivity index (χ4n) is 6.30. The molecular weight excluding hydrogens is 549 g/mol. The summed E-state index contributed by atoms with van der Waals surface area (Å²) in [5.41, 5.74) is 0.271. The molecule has 1 amide bonds. The molecule has 2 heterocycles. The van der Waals surface area contributed by atoms with Gasteiger partial charge in [-0.15, -0.1) is 0 Å². The van der Waals surface area contributed by atoms with Crippen molar-refractivity contribution in [2.24, 2.45) is 5.92 Å². The SMILES string of the molecule is Cc1nc(N[C@@H](C)c2cccc(C(F)F)c2F)c2cc(C3(O)CCC(C(=O)N(C)C[C@H](C)O)CC3)c3c(c2n1)CCO3. The summed E-state index contributed by atoms with van der Waals surface area (Å²) in [6.07, 6.45) is -1.36. The van der Waals surface area contributed by atoms with E-state index in [4.69, 9.17) is 4.74 Å². The summed E-state index contributed by atoms with van der Waals surface area (Å²) >= 11 is 0. The van der Waals surface area contributed by atoms with Crippen LogP contribution in [0.25, 0.3) is 10.9 Å². The van der Waals surface area contributed by atoms with Gasteiger partial charge in [-0.1, -0.05) is 18.2 Å². The average Bonchev–Trinajstić information content (AvgIpc) is 3.42. The van der Waals surface area contributed by atoms with Crippen molar-refractivity contribution in [3.05, 3.63) is 58.2 Å². The molecule has 2 atom stereocenters. The van der Waals surface area contributed by atoms with Crippen LogP contribution in [0.5, 0.6) is 5.75 Å². The number of fused-ring (bicyclic) bond motifs is 3. The zero-order chi connectivity index (χ0) is 30.3. The second-order valence-electron chi connectivity index (χ2n) is 11.6. The van der Waals surface area contributed by atoms with Crippen LogP contribution < -0.4 is 10.1 Å². The molecule has 1 fully saturated rings. The maximum atomic E-state index is 15.0. The Hall–Kier alpha value is -3.44. The number of aryl methyl sites for hydroxylation is 1. The smallest absolute Gasteiger partial charge is 0.266 e. The van der Waals surface area contributed by atoms with Crippen LogP contribution >= 0.6 is 0 Å². The number of nitrogens with one attached hydrogen (secondary N) is 1. The van der Waals surface area contributed by atoms with Crippen LogP contribution in [0, 0.1) is 18.7 Å². The summed E-state index contributed by atoms with van der Waals surface area (Å²) in [6.45, 7) is 5.72. The lowest BCUT2D eigenvalue weighted by Crippen LogP contribution is -2.41. The van der Waals surface area contributed by atoms with E-state index in [1.165, 1.54) is 17.0 Å². The second-order valence-corrected chi connectivity index (χ2v) is 11.6. The van der Waals surface area contributed by atoms with Gasteiger partial charge in [-0.2, -0.15) is 0 Å². The lowest BCUT2D eigenvalue weighted by Gasteiger charge is -2.38. The van der Waals surface area contributed by atoms with Crippen molar-refractivity contribution in [3.8, 4) is 5.75 Å². The molecule has 0 spiro atoms. The average molecular weight is 587 g/mol. The van der Waals surface area contributed by atoms with E-state index in [1.807, 2.05) is 6.07 Å². The van der Waals surface area contributed by atoms with Gasteiger partial charge in [0.25, 0.3) is 6.43 Å². The first-order valence-corrected chi connectivity index (χ1v) is 14.4. The zero-order valence-corrected chi connectivity index (χ0v) is 24.3. The number of hydrogen-bond acceptors (Lipinski definition) is 7. The quantitative estimate of drug-likeness (QED) is 0.327. The van der Waals surface area contributed by atoms with E-state index in [-0.39, 0.29) is 23.9 Å². The van der Waals surface area contributed by atoms with Gasteiger partial charge in [0.05, 0.1) is 35.4 Å². The molecule has 2 aliphatic rings. The highest BCUT2D eigenvalue weighted by Gasteiger charge is 2.41. The van der Waals surface area contributed by atoms with Gasteiger partial charge >= 0.3 is 0 Å². The van der Waals surface area contributed by atoms with E-state index in [1.54, 1.807) is 27.8 Å². The number of carbonyl (C=O) groups excluding carboxylic acids is 1. The molecule has 0 radical (unpaired) electrons. The summed E-state index contributed by atoms with van der Waals surface area (Å²) in [6, 6.07) is 5.05. The maximum absolute atomic E-state index is 15.0. The Balaban J connectivity index is 1.49. The molecule has 1 aliphatic carbocycles. The molecule has 0 unspecified atom stereocenters. The predicted molar refractivity (Wildman–Crippen MR) is 152 cm³/mol. The van der Waals surface area contributed by atoms with Crippen molar-refractivity contribution >= 4 is 22.6 Å². The number of hydrogen-bond donors (Lipinski definition) is 3. The Morgan fingerprint density at radius 3 is 2.57 bits per heavy atom. The summed E-state index contributed by atoms with van der Waals surface area (Å²) in [7, 11) is 1.67. The van der Waals surface area contributed by atoms with Gasteiger partial charge in [0.1, 0.15) is 23.2 Å². The van der Waals surface area contributed by atoms with E-state index < -0.39 is 35.6 Å². The van der Waals surface area contributed by atoms with E-state index in [2.05, 4.69) is 15.3 Å².